The quantitative estimate of drug-likeness (QED) is 0.593. The Bertz CT molecular complexity index is 298. The predicted molar refractivity (Wildman–Crippen MR) is 39.0 cm³/mol. The summed E-state index contributed by atoms with van der Waals surface area (Å²) >= 11 is 0. The highest BCUT2D eigenvalue weighted by molar-refractivity contribution is 5.90. The van der Waals surface area contributed by atoms with Gasteiger partial charge in [0.1, 0.15) is 12.9 Å². The molecule has 0 aromatic carbocycles. The van der Waals surface area contributed by atoms with E-state index in [0.29, 0.717) is 0 Å². The minimum absolute atomic E-state index is 0.0412. The van der Waals surface area contributed by atoms with E-state index in [-0.39, 0.29) is 18.3 Å². The lowest BCUT2D eigenvalue weighted by Crippen LogP contribution is -2.27. The van der Waals surface area contributed by atoms with Gasteiger partial charge in [0.2, 0.25) is 5.82 Å². The Balaban J connectivity index is 2.67. The van der Waals surface area contributed by atoms with Gasteiger partial charge in [-0.05, 0) is 0 Å². The number of nitrogens with one attached hydrogen (secondary N) is 1. The number of hydrogen-bond acceptors (Lipinski definition) is 4. The average molecular weight is 165 g/mol. The van der Waals surface area contributed by atoms with Crippen LogP contribution in [0.2, 0.25) is 0 Å². The SMILES string of the molecule is CN(CC#N)C(=O)c1ncn[nH]1. The van der Waals surface area contributed by atoms with Crippen LogP contribution in [-0.2, 0) is 0 Å². The van der Waals surface area contributed by atoms with Crippen LogP contribution in [0.5, 0.6) is 0 Å². The molecule has 1 N–H and O–H groups in total. The number of carbonyl (C=O) groups excluding carboxylic acids is 1. The van der Waals surface area contributed by atoms with Crippen molar-refractivity contribution in [1.82, 2.24) is 20.1 Å². The summed E-state index contributed by atoms with van der Waals surface area (Å²) in [7, 11) is 1.52. The number of aromatic amines is 1. The smallest absolute Gasteiger partial charge is 0.291 e. The molecular formula is C6H7N5O. The van der Waals surface area contributed by atoms with Gasteiger partial charge in [0.25, 0.3) is 5.91 Å². The van der Waals surface area contributed by atoms with Gasteiger partial charge in [-0.25, -0.2) is 4.98 Å². The lowest BCUT2D eigenvalue weighted by molar-refractivity contribution is 0.0800. The van der Waals surface area contributed by atoms with E-state index in [9.17, 15) is 4.79 Å². The third-order valence-electron chi connectivity index (χ3n) is 1.27. The molecule has 12 heavy (non-hydrogen) atoms. The monoisotopic (exact) mass is 165 g/mol. The van der Waals surface area contributed by atoms with Crippen molar-refractivity contribution in [1.29, 1.82) is 5.26 Å². The van der Waals surface area contributed by atoms with E-state index in [4.69, 9.17) is 5.26 Å². The molecule has 0 atom stereocenters. The highest BCUT2D eigenvalue weighted by Crippen LogP contribution is 1.92. The van der Waals surface area contributed by atoms with Crippen LogP contribution in [0.15, 0.2) is 6.33 Å². The number of nitriles is 1. The zero-order chi connectivity index (χ0) is 8.97. The van der Waals surface area contributed by atoms with E-state index in [2.05, 4.69) is 15.2 Å². The van der Waals surface area contributed by atoms with Gasteiger partial charge >= 0.3 is 0 Å². The van der Waals surface area contributed by atoms with E-state index in [1.165, 1.54) is 18.3 Å². The first kappa shape index (κ1) is 8.20. The van der Waals surface area contributed by atoms with Crippen LogP contribution in [0.1, 0.15) is 10.6 Å². The maximum atomic E-state index is 11.2. The number of amides is 1. The molecule has 1 aromatic rings. The van der Waals surface area contributed by atoms with Gasteiger partial charge in [0.15, 0.2) is 0 Å². The van der Waals surface area contributed by atoms with Crippen LogP contribution in [0.3, 0.4) is 0 Å². The number of rotatable bonds is 2. The predicted octanol–water partition coefficient (Wildman–Crippen LogP) is -0.600. The van der Waals surface area contributed by atoms with Crippen molar-refractivity contribution in [3.63, 3.8) is 0 Å². The Morgan fingerprint density at radius 1 is 1.92 bits per heavy atom. The molecule has 1 rings (SSSR count). The molecular weight excluding hydrogens is 158 g/mol. The van der Waals surface area contributed by atoms with Crippen LogP contribution < -0.4 is 0 Å². The van der Waals surface area contributed by atoms with Gasteiger partial charge < -0.3 is 4.90 Å². The second kappa shape index (κ2) is 3.48. The van der Waals surface area contributed by atoms with Crippen LogP contribution in [0.25, 0.3) is 0 Å². The molecule has 1 aromatic heterocycles. The van der Waals surface area contributed by atoms with Gasteiger partial charge in [-0.3, -0.25) is 9.89 Å². The summed E-state index contributed by atoms with van der Waals surface area (Å²) in [6.07, 6.45) is 1.24. The largest absolute Gasteiger partial charge is 0.326 e. The van der Waals surface area contributed by atoms with Crippen LogP contribution in [0.4, 0.5) is 0 Å². The van der Waals surface area contributed by atoms with Crippen molar-refractivity contribution in [2.75, 3.05) is 13.6 Å². The van der Waals surface area contributed by atoms with E-state index in [1.807, 2.05) is 6.07 Å². The highest BCUT2D eigenvalue weighted by Gasteiger charge is 2.12. The molecule has 0 radical (unpaired) electrons. The molecule has 1 heterocycles. The van der Waals surface area contributed by atoms with Gasteiger partial charge in [0.05, 0.1) is 6.07 Å². The Hall–Kier alpha value is -1.90. The molecule has 0 aliphatic rings. The maximum absolute atomic E-state index is 11.2. The number of hydrogen-bond donors (Lipinski definition) is 1. The number of H-pyrrole nitrogens is 1. The molecule has 0 aliphatic heterocycles. The summed E-state index contributed by atoms with van der Waals surface area (Å²) in [5.41, 5.74) is 0. The van der Waals surface area contributed by atoms with Crippen molar-refractivity contribution in [3.8, 4) is 6.07 Å². The zero-order valence-corrected chi connectivity index (χ0v) is 6.48. The topological polar surface area (TPSA) is 85.7 Å². The first-order valence-electron chi connectivity index (χ1n) is 3.23. The molecule has 0 saturated carbocycles. The summed E-state index contributed by atoms with van der Waals surface area (Å²) in [4.78, 5) is 16.1. The van der Waals surface area contributed by atoms with Crippen LogP contribution >= 0.6 is 0 Å². The Morgan fingerprint density at radius 3 is 3.17 bits per heavy atom. The molecule has 0 spiro atoms. The summed E-state index contributed by atoms with van der Waals surface area (Å²) in [6, 6.07) is 1.85. The van der Waals surface area contributed by atoms with E-state index in [1.54, 1.807) is 0 Å². The van der Waals surface area contributed by atoms with Crippen molar-refractivity contribution in [2.24, 2.45) is 0 Å². The number of aromatic nitrogens is 3. The second-order valence-corrected chi connectivity index (χ2v) is 2.15. The lowest BCUT2D eigenvalue weighted by Gasteiger charge is -2.09. The zero-order valence-electron chi connectivity index (χ0n) is 6.48. The summed E-state index contributed by atoms with van der Waals surface area (Å²) in [6.45, 7) is 0.0412. The highest BCUT2D eigenvalue weighted by atomic mass is 16.2. The van der Waals surface area contributed by atoms with E-state index >= 15 is 0 Å². The fourth-order valence-corrected chi connectivity index (χ4v) is 0.667. The van der Waals surface area contributed by atoms with Crippen LogP contribution in [0, 0.1) is 11.3 Å². The number of nitrogens with zero attached hydrogens (tertiary/aromatic N) is 4. The minimum atomic E-state index is -0.339. The third-order valence-corrected chi connectivity index (χ3v) is 1.27. The van der Waals surface area contributed by atoms with Crippen molar-refractivity contribution < 1.29 is 4.79 Å². The Morgan fingerprint density at radius 2 is 2.67 bits per heavy atom. The third kappa shape index (κ3) is 1.58. The lowest BCUT2D eigenvalue weighted by atomic mass is 10.5. The molecule has 1 amide bonds. The van der Waals surface area contributed by atoms with Crippen molar-refractivity contribution in [2.45, 2.75) is 0 Å². The van der Waals surface area contributed by atoms with Gasteiger partial charge in [-0.1, -0.05) is 0 Å². The standard InChI is InChI=1S/C6H7N5O/c1-11(3-2-7)6(12)5-8-4-9-10-5/h4H,3H2,1H3,(H,8,9,10). The molecule has 6 nitrogen and oxygen atoms in total. The van der Waals surface area contributed by atoms with E-state index < -0.39 is 0 Å². The fraction of sp³-hybridized carbons (Fsp3) is 0.333. The molecule has 0 saturated heterocycles. The fourth-order valence-electron chi connectivity index (χ4n) is 0.667. The molecule has 0 aliphatic carbocycles. The maximum Gasteiger partial charge on any atom is 0.291 e. The van der Waals surface area contributed by atoms with Crippen LogP contribution in [-0.4, -0.2) is 39.6 Å². The molecule has 0 fully saturated rings. The number of carbonyl (C=O) groups is 1. The molecule has 0 bridgehead atoms. The van der Waals surface area contributed by atoms with Crippen molar-refractivity contribution in [3.05, 3.63) is 12.2 Å². The van der Waals surface area contributed by atoms with Gasteiger partial charge in [0, 0.05) is 7.05 Å². The van der Waals surface area contributed by atoms with Gasteiger partial charge in [-0.2, -0.15) is 10.4 Å². The first-order valence-corrected chi connectivity index (χ1v) is 3.23. The first-order chi connectivity index (χ1) is 5.75. The molecule has 6 heteroatoms. The van der Waals surface area contributed by atoms with E-state index in [0.717, 1.165) is 0 Å². The summed E-state index contributed by atoms with van der Waals surface area (Å²) in [5.74, 6) is -0.193. The second-order valence-electron chi connectivity index (χ2n) is 2.15. The minimum Gasteiger partial charge on any atom is -0.326 e. The Kier molecular flexibility index (Phi) is 2.38. The molecule has 0 unspecified atom stereocenters. The van der Waals surface area contributed by atoms with Crippen molar-refractivity contribution >= 4 is 5.91 Å². The molecule has 62 valence electrons. The average Bonchev–Trinajstić information content (AvgIpc) is 2.55. The summed E-state index contributed by atoms with van der Waals surface area (Å²) in [5, 5.41) is 14.2. The Labute approximate surface area is 68.8 Å². The van der Waals surface area contributed by atoms with Gasteiger partial charge in [-0.15, -0.1) is 0 Å². The normalized spacial score (nSPS) is 9.00. The summed E-state index contributed by atoms with van der Waals surface area (Å²) < 4.78 is 0.